The zero-order valence-electron chi connectivity index (χ0n) is 14.5. The Kier molecular flexibility index (Phi) is 5.03. The second-order valence-corrected chi connectivity index (χ2v) is 7.24. The Bertz CT molecular complexity index is 816. The number of carbonyl (C=O) groups excluding carboxylic acids is 2. The summed E-state index contributed by atoms with van der Waals surface area (Å²) in [6, 6.07) is 5.59. The largest absolute Gasteiger partial charge is 0.479 e. The molecular formula is C18H21N3O3S. The highest BCUT2D eigenvalue weighted by Gasteiger charge is 2.24. The molecule has 2 amide bonds. The first-order chi connectivity index (χ1) is 12.0. The monoisotopic (exact) mass is 359 g/mol. The number of rotatable bonds is 5. The maximum atomic E-state index is 11.9. The number of fused-ring (bicyclic) bond motifs is 1. The highest BCUT2D eigenvalue weighted by molar-refractivity contribution is 7.16. The van der Waals surface area contributed by atoms with Crippen LogP contribution in [0.2, 0.25) is 0 Å². The molecule has 0 radical (unpaired) electrons. The van der Waals surface area contributed by atoms with E-state index in [1.165, 1.54) is 11.3 Å². The Labute approximate surface area is 150 Å². The van der Waals surface area contributed by atoms with Gasteiger partial charge in [0.2, 0.25) is 5.91 Å². The molecule has 7 heteroatoms. The molecule has 0 saturated heterocycles. The van der Waals surface area contributed by atoms with Crippen LogP contribution in [0.5, 0.6) is 5.75 Å². The summed E-state index contributed by atoms with van der Waals surface area (Å²) in [5.41, 5.74) is 2.31. The molecule has 3 rings (SSSR count). The second kappa shape index (κ2) is 7.23. The zero-order valence-corrected chi connectivity index (χ0v) is 15.3. The van der Waals surface area contributed by atoms with Crippen molar-refractivity contribution >= 4 is 34.0 Å². The van der Waals surface area contributed by atoms with Gasteiger partial charge < -0.3 is 15.4 Å². The van der Waals surface area contributed by atoms with E-state index in [0.29, 0.717) is 23.0 Å². The van der Waals surface area contributed by atoms with Gasteiger partial charge in [-0.3, -0.25) is 9.59 Å². The standard InChI is InChI=1S/C18H21N3O3S/c1-4-5-6-15(22)20-18-21-16(11(3)25-18)12-7-8-14-13(9-12)19-17(23)10(2)24-14/h7-10H,4-6H2,1-3H3,(H,19,23)(H,20,21,22)/t10-/m1/s1. The number of ether oxygens (including phenoxy) is 1. The molecule has 1 aliphatic heterocycles. The van der Waals surface area contributed by atoms with Gasteiger partial charge in [-0.05, 0) is 38.5 Å². The predicted molar refractivity (Wildman–Crippen MR) is 99.2 cm³/mol. The molecule has 0 aliphatic carbocycles. The van der Waals surface area contributed by atoms with Crippen molar-refractivity contribution in [2.75, 3.05) is 10.6 Å². The third-order valence-corrected chi connectivity index (χ3v) is 4.87. The van der Waals surface area contributed by atoms with Crippen LogP contribution in [0, 0.1) is 6.92 Å². The van der Waals surface area contributed by atoms with Gasteiger partial charge in [0.05, 0.1) is 11.4 Å². The van der Waals surface area contributed by atoms with Crippen molar-refractivity contribution in [1.29, 1.82) is 0 Å². The van der Waals surface area contributed by atoms with Crippen LogP contribution >= 0.6 is 11.3 Å². The quantitative estimate of drug-likeness (QED) is 0.846. The summed E-state index contributed by atoms with van der Waals surface area (Å²) in [4.78, 5) is 29.2. The fraction of sp³-hybridized carbons (Fsp3) is 0.389. The maximum Gasteiger partial charge on any atom is 0.265 e. The number of benzene rings is 1. The molecule has 0 spiro atoms. The van der Waals surface area contributed by atoms with Crippen molar-refractivity contribution in [1.82, 2.24) is 4.98 Å². The van der Waals surface area contributed by atoms with Crippen LogP contribution in [0.25, 0.3) is 11.3 Å². The SMILES string of the molecule is CCCCC(=O)Nc1nc(-c2ccc3c(c2)NC(=O)[C@@H](C)O3)c(C)s1. The van der Waals surface area contributed by atoms with Crippen LogP contribution in [-0.4, -0.2) is 22.9 Å². The number of aromatic nitrogens is 1. The lowest BCUT2D eigenvalue weighted by molar-refractivity contribution is -0.122. The van der Waals surface area contributed by atoms with E-state index in [-0.39, 0.29) is 11.8 Å². The van der Waals surface area contributed by atoms with Gasteiger partial charge in [-0.25, -0.2) is 4.98 Å². The number of nitrogens with one attached hydrogen (secondary N) is 2. The van der Waals surface area contributed by atoms with Crippen molar-refractivity contribution in [3.63, 3.8) is 0 Å². The summed E-state index contributed by atoms with van der Waals surface area (Å²) in [7, 11) is 0. The average Bonchev–Trinajstić information content (AvgIpc) is 2.94. The molecule has 25 heavy (non-hydrogen) atoms. The van der Waals surface area contributed by atoms with E-state index in [0.717, 1.165) is 29.0 Å². The molecule has 0 saturated carbocycles. The molecular weight excluding hydrogens is 338 g/mol. The summed E-state index contributed by atoms with van der Waals surface area (Å²) in [5, 5.41) is 6.30. The van der Waals surface area contributed by atoms with Gasteiger partial charge in [0.15, 0.2) is 11.2 Å². The molecule has 0 bridgehead atoms. The average molecular weight is 359 g/mol. The summed E-state index contributed by atoms with van der Waals surface area (Å²) in [6.07, 6.45) is 1.86. The van der Waals surface area contributed by atoms with Crippen LogP contribution < -0.4 is 15.4 Å². The van der Waals surface area contributed by atoms with Crippen LogP contribution in [0.4, 0.5) is 10.8 Å². The zero-order chi connectivity index (χ0) is 18.0. The van der Waals surface area contributed by atoms with E-state index in [1.807, 2.05) is 25.1 Å². The van der Waals surface area contributed by atoms with Gasteiger partial charge in [0.1, 0.15) is 5.75 Å². The molecule has 2 N–H and O–H groups in total. The summed E-state index contributed by atoms with van der Waals surface area (Å²) < 4.78 is 5.57. The maximum absolute atomic E-state index is 11.9. The van der Waals surface area contributed by atoms with Crippen LogP contribution in [0.15, 0.2) is 18.2 Å². The van der Waals surface area contributed by atoms with Crippen molar-refractivity contribution in [3.05, 3.63) is 23.1 Å². The minimum absolute atomic E-state index is 0.0118. The smallest absolute Gasteiger partial charge is 0.265 e. The molecule has 1 aliphatic rings. The van der Waals surface area contributed by atoms with Crippen molar-refractivity contribution in [2.45, 2.75) is 46.1 Å². The van der Waals surface area contributed by atoms with Gasteiger partial charge >= 0.3 is 0 Å². The molecule has 132 valence electrons. The van der Waals surface area contributed by atoms with Crippen molar-refractivity contribution < 1.29 is 14.3 Å². The normalized spacial score (nSPS) is 16.0. The topological polar surface area (TPSA) is 80.3 Å². The third kappa shape index (κ3) is 3.82. The second-order valence-electron chi connectivity index (χ2n) is 6.04. The van der Waals surface area contributed by atoms with Gasteiger partial charge in [0, 0.05) is 16.9 Å². The first kappa shape index (κ1) is 17.4. The fourth-order valence-electron chi connectivity index (χ4n) is 2.59. The number of carbonyl (C=O) groups is 2. The summed E-state index contributed by atoms with van der Waals surface area (Å²) >= 11 is 1.45. The Hall–Kier alpha value is -2.41. The first-order valence-electron chi connectivity index (χ1n) is 8.37. The third-order valence-electron chi connectivity index (χ3n) is 3.98. The number of aryl methyl sites for hydroxylation is 1. The van der Waals surface area contributed by atoms with Crippen LogP contribution in [-0.2, 0) is 9.59 Å². The molecule has 2 heterocycles. The lowest BCUT2D eigenvalue weighted by atomic mass is 10.1. The Morgan fingerprint density at radius 1 is 1.44 bits per heavy atom. The molecule has 0 unspecified atom stereocenters. The lowest BCUT2D eigenvalue weighted by Gasteiger charge is -2.23. The van der Waals surface area contributed by atoms with Gasteiger partial charge in [0.25, 0.3) is 5.91 Å². The molecule has 2 aromatic rings. The Balaban J connectivity index is 1.82. The van der Waals surface area contributed by atoms with E-state index < -0.39 is 6.10 Å². The number of anilines is 2. The predicted octanol–water partition coefficient (Wildman–Crippen LogP) is 3.97. The van der Waals surface area contributed by atoms with E-state index in [4.69, 9.17) is 4.74 Å². The molecule has 0 fully saturated rings. The Morgan fingerprint density at radius 2 is 2.24 bits per heavy atom. The number of thiazole rings is 1. The number of hydrogen-bond acceptors (Lipinski definition) is 5. The molecule has 1 aromatic heterocycles. The summed E-state index contributed by atoms with van der Waals surface area (Å²) in [5.74, 6) is 0.475. The number of hydrogen-bond donors (Lipinski definition) is 2. The van der Waals surface area contributed by atoms with E-state index in [2.05, 4.69) is 22.5 Å². The number of nitrogens with zero attached hydrogens (tertiary/aromatic N) is 1. The van der Waals surface area contributed by atoms with E-state index >= 15 is 0 Å². The number of unbranched alkanes of at least 4 members (excludes halogenated alkanes) is 1. The molecule has 6 nitrogen and oxygen atoms in total. The first-order valence-corrected chi connectivity index (χ1v) is 9.18. The van der Waals surface area contributed by atoms with E-state index in [9.17, 15) is 9.59 Å². The van der Waals surface area contributed by atoms with Crippen LogP contribution in [0.3, 0.4) is 0 Å². The van der Waals surface area contributed by atoms with Crippen LogP contribution in [0.1, 0.15) is 38.0 Å². The highest BCUT2D eigenvalue weighted by Crippen LogP contribution is 2.36. The van der Waals surface area contributed by atoms with Crippen molar-refractivity contribution in [3.8, 4) is 17.0 Å². The molecule has 1 atom stereocenters. The number of amides is 2. The summed E-state index contributed by atoms with van der Waals surface area (Å²) in [6.45, 7) is 5.73. The fourth-order valence-corrected chi connectivity index (χ4v) is 3.44. The van der Waals surface area contributed by atoms with Gasteiger partial charge in [-0.15, -0.1) is 11.3 Å². The minimum Gasteiger partial charge on any atom is -0.479 e. The lowest BCUT2D eigenvalue weighted by Crippen LogP contribution is -2.34. The van der Waals surface area contributed by atoms with E-state index in [1.54, 1.807) is 6.92 Å². The van der Waals surface area contributed by atoms with Gasteiger partial charge in [-0.1, -0.05) is 13.3 Å². The minimum atomic E-state index is -0.496. The molecule has 1 aromatic carbocycles. The van der Waals surface area contributed by atoms with Crippen molar-refractivity contribution in [2.24, 2.45) is 0 Å². The van der Waals surface area contributed by atoms with Gasteiger partial charge in [-0.2, -0.15) is 0 Å². The Morgan fingerprint density at radius 3 is 3.00 bits per heavy atom. The highest BCUT2D eigenvalue weighted by atomic mass is 32.1.